The predicted octanol–water partition coefficient (Wildman–Crippen LogP) is 3.07. The summed E-state index contributed by atoms with van der Waals surface area (Å²) >= 11 is 6.10. The molecule has 0 heterocycles. The molecule has 0 spiro atoms. The van der Waals surface area contributed by atoms with Gasteiger partial charge in [0.2, 0.25) is 0 Å². The number of nitrogens with two attached hydrogens (primary N) is 1. The van der Waals surface area contributed by atoms with E-state index in [0.29, 0.717) is 0 Å². The van der Waals surface area contributed by atoms with E-state index in [9.17, 15) is 0 Å². The standard InChI is InChI=1S/C13H19ClN2/c1-10(2)7-8-12(16-15)9-11-5-3-4-6-13(11)14/h3-6,12,16H,1,7-9,15H2,2H3. The molecule has 0 aromatic heterocycles. The molecule has 1 rings (SSSR count). The first-order chi connectivity index (χ1) is 7.63. The summed E-state index contributed by atoms with van der Waals surface area (Å²) in [5.41, 5.74) is 5.15. The van der Waals surface area contributed by atoms with Crippen LogP contribution in [0.25, 0.3) is 0 Å². The Labute approximate surface area is 102 Å². The number of nitrogens with one attached hydrogen (secondary N) is 1. The summed E-state index contributed by atoms with van der Waals surface area (Å²) in [5, 5.41) is 0.804. The Kier molecular flexibility index (Phi) is 5.53. The third-order valence-electron chi connectivity index (χ3n) is 2.58. The molecule has 1 unspecified atom stereocenters. The Morgan fingerprint density at radius 3 is 2.75 bits per heavy atom. The van der Waals surface area contributed by atoms with Gasteiger partial charge < -0.3 is 0 Å². The van der Waals surface area contributed by atoms with Gasteiger partial charge in [0.25, 0.3) is 0 Å². The highest BCUT2D eigenvalue weighted by Crippen LogP contribution is 2.18. The van der Waals surface area contributed by atoms with Crippen molar-refractivity contribution < 1.29 is 0 Å². The SMILES string of the molecule is C=C(C)CCC(Cc1ccccc1Cl)NN. The molecular weight excluding hydrogens is 220 g/mol. The van der Waals surface area contributed by atoms with E-state index in [2.05, 4.69) is 12.0 Å². The van der Waals surface area contributed by atoms with Gasteiger partial charge in [0.05, 0.1) is 0 Å². The van der Waals surface area contributed by atoms with Crippen LogP contribution >= 0.6 is 11.6 Å². The van der Waals surface area contributed by atoms with Crippen molar-refractivity contribution in [2.75, 3.05) is 0 Å². The zero-order chi connectivity index (χ0) is 12.0. The fourth-order valence-corrected chi connectivity index (χ4v) is 1.81. The fourth-order valence-electron chi connectivity index (χ4n) is 1.59. The molecule has 3 N–H and O–H groups in total. The van der Waals surface area contributed by atoms with E-state index in [1.807, 2.05) is 31.2 Å². The Hall–Kier alpha value is -0.830. The van der Waals surface area contributed by atoms with Crippen LogP contribution in [0.4, 0.5) is 0 Å². The van der Waals surface area contributed by atoms with E-state index in [4.69, 9.17) is 17.4 Å². The van der Waals surface area contributed by atoms with Gasteiger partial charge in [-0.3, -0.25) is 11.3 Å². The Morgan fingerprint density at radius 1 is 1.50 bits per heavy atom. The van der Waals surface area contributed by atoms with Gasteiger partial charge in [0.1, 0.15) is 0 Å². The molecule has 1 aromatic rings. The molecule has 0 fully saturated rings. The van der Waals surface area contributed by atoms with Gasteiger partial charge in [-0.15, -0.1) is 6.58 Å². The summed E-state index contributed by atoms with van der Waals surface area (Å²) in [6.45, 7) is 5.92. The molecule has 1 aromatic carbocycles. The topological polar surface area (TPSA) is 38.0 Å². The van der Waals surface area contributed by atoms with Crippen LogP contribution in [0.1, 0.15) is 25.3 Å². The number of allylic oxidation sites excluding steroid dienone is 1. The summed E-state index contributed by atoms with van der Waals surface area (Å²) < 4.78 is 0. The van der Waals surface area contributed by atoms with E-state index in [0.717, 1.165) is 29.8 Å². The molecule has 0 aliphatic heterocycles. The van der Waals surface area contributed by atoms with Gasteiger partial charge in [-0.25, -0.2) is 0 Å². The van der Waals surface area contributed by atoms with Crippen LogP contribution in [0.2, 0.25) is 5.02 Å². The largest absolute Gasteiger partial charge is 0.271 e. The summed E-state index contributed by atoms with van der Waals surface area (Å²) in [7, 11) is 0. The normalized spacial score (nSPS) is 12.4. The molecule has 0 bridgehead atoms. The minimum Gasteiger partial charge on any atom is -0.271 e. The quantitative estimate of drug-likeness (QED) is 0.454. The molecule has 0 saturated heterocycles. The van der Waals surface area contributed by atoms with Crippen LogP contribution in [0.5, 0.6) is 0 Å². The predicted molar refractivity (Wildman–Crippen MR) is 70.3 cm³/mol. The maximum Gasteiger partial charge on any atom is 0.0438 e. The molecular formula is C13H19ClN2. The maximum absolute atomic E-state index is 6.10. The zero-order valence-electron chi connectivity index (χ0n) is 9.67. The molecule has 2 nitrogen and oxygen atoms in total. The highest BCUT2D eigenvalue weighted by atomic mass is 35.5. The number of hydrogen-bond donors (Lipinski definition) is 2. The summed E-state index contributed by atoms with van der Waals surface area (Å²) in [4.78, 5) is 0. The molecule has 0 radical (unpaired) electrons. The zero-order valence-corrected chi connectivity index (χ0v) is 10.4. The number of halogens is 1. The molecule has 0 aliphatic carbocycles. The van der Waals surface area contributed by atoms with Crippen molar-refractivity contribution in [1.29, 1.82) is 0 Å². The summed E-state index contributed by atoms with van der Waals surface area (Å²) in [6, 6.07) is 8.12. The van der Waals surface area contributed by atoms with Crippen LogP contribution in [-0.2, 0) is 6.42 Å². The molecule has 3 heteroatoms. The molecule has 0 amide bonds. The average Bonchev–Trinajstić information content (AvgIpc) is 2.26. The first-order valence-corrected chi connectivity index (χ1v) is 5.85. The first-order valence-electron chi connectivity index (χ1n) is 5.47. The Balaban J connectivity index is 2.56. The second-order valence-electron chi connectivity index (χ2n) is 4.15. The highest BCUT2D eigenvalue weighted by Gasteiger charge is 2.09. The van der Waals surface area contributed by atoms with Crippen molar-refractivity contribution in [3.63, 3.8) is 0 Å². The van der Waals surface area contributed by atoms with E-state index in [1.165, 1.54) is 5.57 Å². The minimum absolute atomic E-state index is 0.247. The third kappa shape index (κ3) is 4.35. The van der Waals surface area contributed by atoms with Gasteiger partial charge >= 0.3 is 0 Å². The van der Waals surface area contributed by atoms with Crippen molar-refractivity contribution in [2.45, 2.75) is 32.2 Å². The van der Waals surface area contributed by atoms with Gasteiger partial charge in [-0.1, -0.05) is 35.4 Å². The molecule has 0 saturated carbocycles. The molecule has 88 valence electrons. The lowest BCUT2D eigenvalue weighted by Gasteiger charge is -2.16. The van der Waals surface area contributed by atoms with Gasteiger partial charge in [0.15, 0.2) is 0 Å². The summed E-state index contributed by atoms with van der Waals surface area (Å²) in [6.07, 6.45) is 2.82. The smallest absolute Gasteiger partial charge is 0.0438 e. The summed E-state index contributed by atoms with van der Waals surface area (Å²) in [5.74, 6) is 5.53. The van der Waals surface area contributed by atoms with Crippen LogP contribution < -0.4 is 11.3 Å². The first kappa shape index (κ1) is 13.2. The number of hydrazine groups is 1. The van der Waals surface area contributed by atoms with E-state index in [-0.39, 0.29) is 6.04 Å². The number of rotatable bonds is 6. The lowest BCUT2D eigenvalue weighted by atomic mass is 10.0. The van der Waals surface area contributed by atoms with Crippen LogP contribution in [0, 0.1) is 0 Å². The van der Waals surface area contributed by atoms with E-state index in [1.54, 1.807) is 0 Å². The molecule has 1 atom stereocenters. The monoisotopic (exact) mass is 238 g/mol. The molecule has 0 aliphatic rings. The van der Waals surface area contributed by atoms with Crippen LogP contribution in [-0.4, -0.2) is 6.04 Å². The lowest BCUT2D eigenvalue weighted by Crippen LogP contribution is -2.36. The second kappa shape index (κ2) is 6.69. The Bertz CT molecular complexity index is 350. The van der Waals surface area contributed by atoms with Gasteiger partial charge in [-0.2, -0.15) is 0 Å². The van der Waals surface area contributed by atoms with Crippen LogP contribution in [0.15, 0.2) is 36.4 Å². The van der Waals surface area contributed by atoms with Crippen molar-refractivity contribution in [3.8, 4) is 0 Å². The fraction of sp³-hybridized carbons (Fsp3) is 0.385. The number of benzene rings is 1. The minimum atomic E-state index is 0.247. The van der Waals surface area contributed by atoms with Crippen molar-refractivity contribution in [3.05, 3.63) is 47.0 Å². The maximum atomic E-state index is 6.10. The third-order valence-corrected chi connectivity index (χ3v) is 2.95. The van der Waals surface area contributed by atoms with Crippen molar-refractivity contribution >= 4 is 11.6 Å². The van der Waals surface area contributed by atoms with E-state index >= 15 is 0 Å². The highest BCUT2D eigenvalue weighted by molar-refractivity contribution is 6.31. The number of hydrogen-bond acceptors (Lipinski definition) is 2. The second-order valence-corrected chi connectivity index (χ2v) is 4.56. The Morgan fingerprint density at radius 2 is 2.19 bits per heavy atom. The van der Waals surface area contributed by atoms with Crippen molar-refractivity contribution in [1.82, 2.24) is 5.43 Å². The average molecular weight is 239 g/mol. The lowest BCUT2D eigenvalue weighted by molar-refractivity contribution is 0.491. The van der Waals surface area contributed by atoms with Gasteiger partial charge in [0, 0.05) is 11.1 Å². The van der Waals surface area contributed by atoms with E-state index < -0.39 is 0 Å². The molecule has 16 heavy (non-hydrogen) atoms. The van der Waals surface area contributed by atoms with Crippen LogP contribution in [0.3, 0.4) is 0 Å². The van der Waals surface area contributed by atoms with Gasteiger partial charge in [-0.05, 0) is 37.8 Å². The van der Waals surface area contributed by atoms with Crippen molar-refractivity contribution in [2.24, 2.45) is 5.84 Å².